The van der Waals surface area contributed by atoms with Gasteiger partial charge in [0.2, 0.25) is 5.91 Å². The van der Waals surface area contributed by atoms with Gasteiger partial charge in [0.25, 0.3) is 0 Å². The standard InChI is InChI=1S/C11H13F2N3OS/c1-16(2)9(17)5-18-10-7(12)3-6(11(14)15)4-8(10)13/h3-4H,5H2,1-2H3,(H3,14,15). The lowest BCUT2D eigenvalue weighted by Gasteiger charge is -2.11. The zero-order valence-corrected chi connectivity index (χ0v) is 10.8. The average Bonchev–Trinajstić information content (AvgIpc) is 2.26. The highest BCUT2D eigenvalue weighted by atomic mass is 32.2. The minimum absolute atomic E-state index is 0.0201. The van der Waals surface area contributed by atoms with Crippen LogP contribution in [0.5, 0.6) is 0 Å². The van der Waals surface area contributed by atoms with Gasteiger partial charge in [0.05, 0.1) is 10.6 Å². The maximum atomic E-state index is 13.6. The van der Waals surface area contributed by atoms with Crippen LogP contribution in [-0.2, 0) is 4.79 Å². The Kier molecular flexibility index (Phi) is 4.66. The first-order valence-corrected chi connectivity index (χ1v) is 5.98. The zero-order valence-electron chi connectivity index (χ0n) is 9.96. The van der Waals surface area contributed by atoms with E-state index in [9.17, 15) is 13.6 Å². The number of nitrogens with zero attached hydrogens (tertiary/aromatic N) is 1. The third kappa shape index (κ3) is 3.43. The Balaban J connectivity index is 2.91. The van der Waals surface area contributed by atoms with Gasteiger partial charge in [-0.1, -0.05) is 0 Å². The number of carbonyl (C=O) groups excluding carboxylic acids is 1. The van der Waals surface area contributed by atoms with Crippen LogP contribution in [-0.4, -0.2) is 36.5 Å². The number of nitrogen functional groups attached to an aromatic ring is 1. The van der Waals surface area contributed by atoms with E-state index in [-0.39, 0.29) is 22.1 Å². The molecule has 1 amide bonds. The van der Waals surface area contributed by atoms with Crippen LogP contribution >= 0.6 is 11.8 Å². The Morgan fingerprint density at radius 3 is 2.28 bits per heavy atom. The number of amides is 1. The first-order chi connectivity index (χ1) is 8.32. The van der Waals surface area contributed by atoms with Crippen molar-refractivity contribution < 1.29 is 13.6 Å². The maximum Gasteiger partial charge on any atom is 0.232 e. The molecule has 0 atom stereocenters. The number of hydrogen-bond donors (Lipinski definition) is 2. The smallest absolute Gasteiger partial charge is 0.232 e. The molecule has 0 spiro atoms. The quantitative estimate of drug-likeness (QED) is 0.495. The van der Waals surface area contributed by atoms with Crippen LogP contribution in [0.2, 0.25) is 0 Å². The fourth-order valence-electron chi connectivity index (χ4n) is 1.12. The summed E-state index contributed by atoms with van der Waals surface area (Å²) >= 11 is 0.778. The number of halogens is 2. The third-order valence-corrected chi connectivity index (χ3v) is 3.22. The van der Waals surface area contributed by atoms with Crippen molar-refractivity contribution in [3.63, 3.8) is 0 Å². The van der Waals surface area contributed by atoms with E-state index in [1.807, 2.05) is 0 Å². The molecule has 98 valence electrons. The van der Waals surface area contributed by atoms with Gasteiger partial charge in [0.15, 0.2) is 0 Å². The van der Waals surface area contributed by atoms with Gasteiger partial charge in [-0.05, 0) is 12.1 Å². The highest BCUT2D eigenvalue weighted by Gasteiger charge is 2.15. The van der Waals surface area contributed by atoms with Gasteiger partial charge in [-0.2, -0.15) is 0 Å². The molecule has 0 aromatic heterocycles. The van der Waals surface area contributed by atoms with E-state index in [1.54, 1.807) is 14.1 Å². The third-order valence-electron chi connectivity index (χ3n) is 2.15. The molecule has 1 aromatic carbocycles. The number of nitrogens with one attached hydrogen (secondary N) is 1. The summed E-state index contributed by atoms with van der Waals surface area (Å²) in [7, 11) is 3.13. The number of hydrogen-bond acceptors (Lipinski definition) is 3. The highest BCUT2D eigenvalue weighted by Crippen LogP contribution is 2.26. The van der Waals surface area contributed by atoms with Gasteiger partial charge in [-0.3, -0.25) is 10.2 Å². The fourth-order valence-corrected chi connectivity index (χ4v) is 2.04. The fraction of sp³-hybridized carbons (Fsp3) is 0.273. The topological polar surface area (TPSA) is 70.2 Å². The van der Waals surface area contributed by atoms with E-state index in [0.29, 0.717) is 0 Å². The summed E-state index contributed by atoms with van der Waals surface area (Å²) in [6.45, 7) is 0. The SMILES string of the molecule is CN(C)C(=O)CSc1c(F)cc(C(=N)N)cc1F. The van der Waals surface area contributed by atoms with Crippen LogP contribution in [0.4, 0.5) is 8.78 Å². The predicted octanol–water partition coefficient (Wildman–Crippen LogP) is 1.43. The lowest BCUT2D eigenvalue weighted by Crippen LogP contribution is -2.23. The zero-order chi connectivity index (χ0) is 13.9. The molecular weight excluding hydrogens is 260 g/mol. The van der Waals surface area contributed by atoms with Crippen LogP contribution in [0.1, 0.15) is 5.56 Å². The first-order valence-electron chi connectivity index (χ1n) is 4.99. The number of rotatable bonds is 4. The van der Waals surface area contributed by atoms with E-state index in [1.165, 1.54) is 4.90 Å². The molecule has 0 unspecified atom stereocenters. The molecule has 1 aromatic rings. The maximum absolute atomic E-state index is 13.6. The lowest BCUT2D eigenvalue weighted by molar-refractivity contribution is -0.125. The molecule has 0 aliphatic heterocycles. The minimum Gasteiger partial charge on any atom is -0.384 e. The summed E-state index contributed by atoms with van der Waals surface area (Å²) in [6, 6.07) is 1.96. The molecule has 0 saturated carbocycles. The molecule has 0 aliphatic rings. The summed E-state index contributed by atoms with van der Waals surface area (Å²) in [6.07, 6.45) is 0. The van der Waals surface area contributed by atoms with Crippen molar-refractivity contribution in [1.82, 2.24) is 4.90 Å². The van der Waals surface area contributed by atoms with Crippen molar-refractivity contribution in [2.75, 3.05) is 19.8 Å². The molecule has 4 nitrogen and oxygen atoms in total. The molecule has 7 heteroatoms. The van der Waals surface area contributed by atoms with Crippen molar-refractivity contribution in [3.8, 4) is 0 Å². The van der Waals surface area contributed by atoms with Gasteiger partial charge >= 0.3 is 0 Å². The normalized spacial score (nSPS) is 10.2. The molecule has 0 aliphatic carbocycles. The average molecular weight is 273 g/mol. The van der Waals surface area contributed by atoms with Crippen LogP contribution in [0.3, 0.4) is 0 Å². The summed E-state index contributed by atoms with van der Waals surface area (Å²) in [5, 5.41) is 7.10. The molecule has 18 heavy (non-hydrogen) atoms. The second kappa shape index (κ2) is 5.81. The number of amidine groups is 1. The van der Waals surface area contributed by atoms with Gasteiger partial charge in [0.1, 0.15) is 17.5 Å². The molecule has 3 N–H and O–H groups in total. The summed E-state index contributed by atoms with van der Waals surface area (Å²) in [5.74, 6) is -2.35. The highest BCUT2D eigenvalue weighted by molar-refractivity contribution is 8.00. The molecule has 0 heterocycles. The van der Waals surface area contributed by atoms with Gasteiger partial charge in [-0.15, -0.1) is 11.8 Å². The Morgan fingerprint density at radius 2 is 1.89 bits per heavy atom. The van der Waals surface area contributed by atoms with Gasteiger partial charge in [-0.25, -0.2) is 8.78 Å². The second-order valence-electron chi connectivity index (χ2n) is 3.76. The first kappa shape index (κ1) is 14.4. The summed E-state index contributed by atoms with van der Waals surface area (Å²) < 4.78 is 27.2. The van der Waals surface area contributed by atoms with Crippen LogP contribution in [0.25, 0.3) is 0 Å². The minimum atomic E-state index is -0.822. The van der Waals surface area contributed by atoms with E-state index < -0.39 is 17.5 Å². The number of carbonyl (C=O) groups is 1. The number of benzene rings is 1. The van der Waals surface area contributed by atoms with Crippen molar-refractivity contribution in [1.29, 1.82) is 5.41 Å². The van der Waals surface area contributed by atoms with Gasteiger partial charge in [0, 0.05) is 19.7 Å². The molecule has 0 saturated heterocycles. The Morgan fingerprint density at radius 1 is 1.39 bits per heavy atom. The monoisotopic (exact) mass is 273 g/mol. The molecule has 0 fully saturated rings. The molecule has 0 bridgehead atoms. The van der Waals surface area contributed by atoms with E-state index in [0.717, 1.165) is 23.9 Å². The van der Waals surface area contributed by atoms with Crippen molar-refractivity contribution >= 4 is 23.5 Å². The Bertz CT molecular complexity index is 468. The number of thioether (sulfide) groups is 1. The predicted molar refractivity (Wildman–Crippen MR) is 66.8 cm³/mol. The Hall–Kier alpha value is -1.63. The summed E-state index contributed by atoms with van der Waals surface area (Å²) in [4.78, 5) is 12.4. The van der Waals surface area contributed by atoms with E-state index in [2.05, 4.69) is 0 Å². The molecule has 1 rings (SSSR count). The lowest BCUT2D eigenvalue weighted by atomic mass is 10.2. The van der Waals surface area contributed by atoms with Crippen LogP contribution < -0.4 is 5.73 Å². The summed E-state index contributed by atoms with van der Waals surface area (Å²) in [5.41, 5.74) is 5.13. The second-order valence-corrected chi connectivity index (χ2v) is 4.75. The van der Waals surface area contributed by atoms with Gasteiger partial charge < -0.3 is 10.6 Å². The van der Waals surface area contributed by atoms with E-state index in [4.69, 9.17) is 11.1 Å². The van der Waals surface area contributed by atoms with Crippen LogP contribution in [0, 0.1) is 17.0 Å². The van der Waals surface area contributed by atoms with Crippen molar-refractivity contribution in [3.05, 3.63) is 29.3 Å². The van der Waals surface area contributed by atoms with Crippen molar-refractivity contribution in [2.45, 2.75) is 4.90 Å². The number of nitrogens with two attached hydrogens (primary N) is 1. The largest absolute Gasteiger partial charge is 0.384 e. The molecular formula is C11H13F2N3OS. The van der Waals surface area contributed by atoms with Crippen molar-refractivity contribution in [2.24, 2.45) is 5.73 Å². The Labute approximate surface area is 108 Å². The molecule has 0 radical (unpaired) electrons. The van der Waals surface area contributed by atoms with Crippen LogP contribution in [0.15, 0.2) is 17.0 Å². The van der Waals surface area contributed by atoms with E-state index >= 15 is 0 Å².